The van der Waals surface area contributed by atoms with Crippen LogP contribution in [0.3, 0.4) is 0 Å². The fourth-order valence-electron chi connectivity index (χ4n) is 3.88. The standard InChI is InChI=1S/C23H32N4O2S/c1-4-12-24-22(29)19-10-13-26(14-11-19)15-20-16-30-23(25-20)27(17(3)28)21-9-7-6-8-18(21)5-2/h6-9,16,19H,4-5,10-15H2,1-3H3,(H,24,29). The van der Waals surface area contributed by atoms with Crippen LogP contribution in [0, 0.1) is 5.92 Å². The smallest absolute Gasteiger partial charge is 0.230 e. The summed E-state index contributed by atoms with van der Waals surface area (Å²) in [6.45, 7) is 9.05. The Balaban J connectivity index is 1.63. The lowest BCUT2D eigenvalue weighted by molar-refractivity contribution is -0.126. The number of para-hydroxylation sites is 1. The minimum Gasteiger partial charge on any atom is -0.356 e. The number of nitrogens with one attached hydrogen (secondary N) is 1. The molecule has 0 unspecified atom stereocenters. The maximum absolute atomic E-state index is 12.4. The summed E-state index contributed by atoms with van der Waals surface area (Å²) < 4.78 is 0. The first-order valence-electron chi connectivity index (χ1n) is 10.9. The molecule has 0 aliphatic carbocycles. The van der Waals surface area contributed by atoms with Gasteiger partial charge in [0.2, 0.25) is 11.8 Å². The van der Waals surface area contributed by atoms with Gasteiger partial charge in [-0.15, -0.1) is 11.3 Å². The predicted molar refractivity (Wildman–Crippen MR) is 122 cm³/mol. The van der Waals surface area contributed by atoms with Crippen molar-refractivity contribution in [1.29, 1.82) is 0 Å². The van der Waals surface area contributed by atoms with E-state index in [4.69, 9.17) is 4.98 Å². The minimum atomic E-state index is -0.0318. The Morgan fingerprint density at radius 3 is 2.63 bits per heavy atom. The number of piperidine rings is 1. The minimum absolute atomic E-state index is 0.0318. The van der Waals surface area contributed by atoms with Gasteiger partial charge >= 0.3 is 0 Å². The van der Waals surface area contributed by atoms with Gasteiger partial charge in [-0.05, 0) is 50.4 Å². The second-order valence-electron chi connectivity index (χ2n) is 7.80. The van der Waals surface area contributed by atoms with Crippen LogP contribution in [0.4, 0.5) is 10.8 Å². The van der Waals surface area contributed by atoms with Crippen molar-refractivity contribution in [3.63, 3.8) is 0 Å². The quantitative estimate of drug-likeness (QED) is 0.687. The number of rotatable bonds is 8. The number of nitrogens with zero attached hydrogens (tertiary/aromatic N) is 3. The summed E-state index contributed by atoms with van der Waals surface area (Å²) in [7, 11) is 0. The molecule has 7 heteroatoms. The van der Waals surface area contributed by atoms with Crippen LogP contribution >= 0.6 is 11.3 Å². The summed E-state index contributed by atoms with van der Waals surface area (Å²) in [5.41, 5.74) is 3.02. The van der Waals surface area contributed by atoms with E-state index in [0.717, 1.165) is 68.8 Å². The van der Waals surface area contributed by atoms with E-state index in [1.807, 2.05) is 23.6 Å². The van der Waals surface area contributed by atoms with E-state index in [1.165, 1.54) is 11.3 Å². The highest BCUT2D eigenvalue weighted by Gasteiger charge is 2.26. The number of carbonyl (C=O) groups excluding carboxylic acids is 2. The summed E-state index contributed by atoms with van der Waals surface area (Å²) in [5.74, 6) is 0.285. The van der Waals surface area contributed by atoms with Crippen molar-refractivity contribution in [2.45, 2.75) is 53.0 Å². The number of carbonyl (C=O) groups is 2. The number of hydrogen-bond acceptors (Lipinski definition) is 5. The number of anilines is 2. The molecule has 2 amide bonds. The van der Waals surface area contributed by atoms with Crippen molar-refractivity contribution in [3.8, 4) is 0 Å². The zero-order valence-electron chi connectivity index (χ0n) is 18.2. The zero-order chi connectivity index (χ0) is 21.5. The molecule has 30 heavy (non-hydrogen) atoms. The van der Waals surface area contributed by atoms with Gasteiger partial charge in [0, 0.05) is 31.3 Å². The highest BCUT2D eigenvalue weighted by Crippen LogP contribution is 2.32. The molecule has 3 rings (SSSR count). The lowest BCUT2D eigenvalue weighted by Crippen LogP contribution is -2.40. The molecule has 1 aliphatic heterocycles. The maximum Gasteiger partial charge on any atom is 0.230 e. The second kappa shape index (κ2) is 10.7. The van der Waals surface area contributed by atoms with Crippen LogP contribution in [0.25, 0.3) is 0 Å². The summed E-state index contributed by atoms with van der Waals surface area (Å²) in [5, 5.41) is 5.77. The summed E-state index contributed by atoms with van der Waals surface area (Å²) >= 11 is 1.51. The molecule has 6 nitrogen and oxygen atoms in total. The largest absolute Gasteiger partial charge is 0.356 e. The molecular weight excluding hydrogens is 396 g/mol. The zero-order valence-corrected chi connectivity index (χ0v) is 19.0. The molecule has 1 saturated heterocycles. The number of aromatic nitrogens is 1. The molecule has 0 saturated carbocycles. The fourth-order valence-corrected chi connectivity index (χ4v) is 4.75. The van der Waals surface area contributed by atoms with Crippen LogP contribution in [0.2, 0.25) is 0 Å². The monoisotopic (exact) mass is 428 g/mol. The third kappa shape index (κ3) is 5.46. The molecule has 1 aliphatic rings. The Morgan fingerprint density at radius 2 is 1.97 bits per heavy atom. The number of thiazole rings is 1. The molecule has 2 heterocycles. The molecule has 0 bridgehead atoms. The molecule has 0 atom stereocenters. The van der Waals surface area contributed by atoms with Crippen LogP contribution in [0.15, 0.2) is 29.6 Å². The van der Waals surface area contributed by atoms with Gasteiger partial charge < -0.3 is 5.32 Å². The van der Waals surface area contributed by atoms with Gasteiger partial charge in [0.15, 0.2) is 5.13 Å². The Kier molecular flexibility index (Phi) is 7.99. The molecule has 0 spiro atoms. The average Bonchev–Trinajstić information content (AvgIpc) is 3.20. The molecule has 1 fully saturated rings. The topological polar surface area (TPSA) is 65.5 Å². The van der Waals surface area contributed by atoms with E-state index in [2.05, 4.69) is 30.1 Å². The van der Waals surface area contributed by atoms with Crippen molar-refractivity contribution < 1.29 is 9.59 Å². The molecular formula is C23H32N4O2S. The van der Waals surface area contributed by atoms with Gasteiger partial charge in [0.1, 0.15) is 0 Å². The van der Waals surface area contributed by atoms with E-state index >= 15 is 0 Å². The van der Waals surface area contributed by atoms with Crippen LogP contribution < -0.4 is 10.2 Å². The Morgan fingerprint density at radius 1 is 1.23 bits per heavy atom. The molecule has 1 N–H and O–H groups in total. The van der Waals surface area contributed by atoms with Crippen molar-refractivity contribution in [1.82, 2.24) is 15.2 Å². The number of amides is 2. The fraction of sp³-hybridized carbons (Fsp3) is 0.522. The molecule has 2 aromatic rings. The van der Waals surface area contributed by atoms with Crippen LogP contribution in [-0.4, -0.2) is 41.3 Å². The van der Waals surface area contributed by atoms with Crippen LogP contribution in [0.1, 0.15) is 51.3 Å². The lowest BCUT2D eigenvalue weighted by Gasteiger charge is -2.30. The Hall–Kier alpha value is -2.25. The summed E-state index contributed by atoms with van der Waals surface area (Å²) in [6, 6.07) is 8.00. The van der Waals surface area contributed by atoms with E-state index in [1.54, 1.807) is 11.8 Å². The van der Waals surface area contributed by atoms with Crippen molar-refractivity contribution >= 4 is 34.0 Å². The van der Waals surface area contributed by atoms with Gasteiger partial charge in [-0.2, -0.15) is 0 Å². The molecule has 162 valence electrons. The van der Waals surface area contributed by atoms with E-state index in [0.29, 0.717) is 5.13 Å². The van der Waals surface area contributed by atoms with Crippen molar-refractivity contribution in [2.75, 3.05) is 24.5 Å². The predicted octanol–water partition coefficient (Wildman–Crippen LogP) is 4.13. The van der Waals surface area contributed by atoms with Crippen molar-refractivity contribution in [3.05, 3.63) is 40.9 Å². The third-order valence-corrected chi connectivity index (χ3v) is 6.43. The Bertz CT molecular complexity index is 858. The first-order chi connectivity index (χ1) is 14.5. The van der Waals surface area contributed by atoms with Crippen LogP contribution in [-0.2, 0) is 22.6 Å². The molecule has 1 aromatic heterocycles. The summed E-state index contributed by atoms with van der Waals surface area (Å²) in [4.78, 5) is 33.4. The first kappa shape index (κ1) is 22.4. The summed E-state index contributed by atoms with van der Waals surface area (Å²) in [6.07, 6.45) is 3.60. The highest BCUT2D eigenvalue weighted by atomic mass is 32.1. The van der Waals surface area contributed by atoms with E-state index in [9.17, 15) is 9.59 Å². The number of likely N-dealkylation sites (tertiary alicyclic amines) is 1. The number of hydrogen-bond donors (Lipinski definition) is 1. The van der Waals surface area contributed by atoms with Gasteiger partial charge in [-0.3, -0.25) is 19.4 Å². The van der Waals surface area contributed by atoms with E-state index < -0.39 is 0 Å². The highest BCUT2D eigenvalue weighted by molar-refractivity contribution is 7.14. The van der Waals surface area contributed by atoms with Crippen molar-refractivity contribution in [2.24, 2.45) is 5.92 Å². The Labute approximate surface area is 183 Å². The second-order valence-corrected chi connectivity index (χ2v) is 8.64. The average molecular weight is 429 g/mol. The van der Waals surface area contributed by atoms with Gasteiger partial charge in [-0.1, -0.05) is 32.0 Å². The molecule has 0 radical (unpaired) electrons. The van der Waals surface area contributed by atoms with Gasteiger partial charge in [0.25, 0.3) is 0 Å². The number of aryl methyl sites for hydroxylation is 1. The molecule has 1 aromatic carbocycles. The normalized spacial score (nSPS) is 15.2. The third-order valence-electron chi connectivity index (χ3n) is 5.55. The van der Waals surface area contributed by atoms with E-state index in [-0.39, 0.29) is 17.7 Å². The maximum atomic E-state index is 12.4. The van der Waals surface area contributed by atoms with Gasteiger partial charge in [0.05, 0.1) is 11.4 Å². The van der Waals surface area contributed by atoms with Gasteiger partial charge in [-0.25, -0.2) is 4.98 Å². The lowest BCUT2D eigenvalue weighted by atomic mass is 9.96. The number of benzene rings is 1. The SMILES string of the molecule is CCCNC(=O)C1CCN(Cc2csc(N(C(C)=O)c3ccccc3CC)n2)CC1. The first-order valence-corrected chi connectivity index (χ1v) is 11.7. The van der Waals surface area contributed by atoms with Crippen LogP contribution in [0.5, 0.6) is 0 Å².